The van der Waals surface area contributed by atoms with Crippen LogP contribution in [-0.2, 0) is 4.79 Å². The Kier molecular flexibility index (Phi) is 8.94. The highest BCUT2D eigenvalue weighted by molar-refractivity contribution is 5.85. The summed E-state index contributed by atoms with van der Waals surface area (Å²) in [5, 5.41) is 0. The Morgan fingerprint density at radius 1 is 1.12 bits per heavy atom. The van der Waals surface area contributed by atoms with E-state index in [0.717, 1.165) is 6.54 Å². The molecular formula is C12H27ClN2O. The van der Waals surface area contributed by atoms with E-state index in [1.165, 1.54) is 0 Å². The first-order valence-electron chi connectivity index (χ1n) is 5.83. The summed E-state index contributed by atoms with van der Waals surface area (Å²) >= 11 is 0. The van der Waals surface area contributed by atoms with Gasteiger partial charge in [-0.15, -0.1) is 12.4 Å². The van der Waals surface area contributed by atoms with Gasteiger partial charge in [-0.3, -0.25) is 4.79 Å². The molecule has 2 N–H and O–H groups in total. The highest BCUT2D eigenvalue weighted by Crippen LogP contribution is 2.11. The molecule has 0 aromatic rings. The number of hydrogen-bond donors (Lipinski definition) is 1. The second kappa shape index (κ2) is 7.91. The van der Waals surface area contributed by atoms with Crippen molar-refractivity contribution in [3.63, 3.8) is 0 Å². The Balaban J connectivity index is 0. The van der Waals surface area contributed by atoms with Crippen molar-refractivity contribution in [3.8, 4) is 0 Å². The molecule has 0 aliphatic carbocycles. The summed E-state index contributed by atoms with van der Waals surface area (Å²) < 4.78 is 0. The molecule has 4 heteroatoms. The summed E-state index contributed by atoms with van der Waals surface area (Å²) in [5.74, 6) is 0.580. The number of carbonyl (C=O) groups is 1. The Bertz CT molecular complexity index is 205. The highest BCUT2D eigenvalue weighted by Gasteiger charge is 2.25. The van der Waals surface area contributed by atoms with E-state index in [9.17, 15) is 4.79 Å². The molecule has 0 saturated heterocycles. The summed E-state index contributed by atoms with van der Waals surface area (Å²) in [5.41, 5.74) is 5.76. The molecule has 0 aliphatic rings. The summed E-state index contributed by atoms with van der Waals surface area (Å²) in [6, 6.07) is 0.173. The molecule has 1 amide bonds. The fraction of sp³-hybridized carbons (Fsp3) is 0.917. The van der Waals surface area contributed by atoms with Crippen molar-refractivity contribution in [2.75, 3.05) is 6.54 Å². The molecule has 2 unspecified atom stereocenters. The first kappa shape index (κ1) is 18.1. The van der Waals surface area contributed by atoms with Crippen LogP contribution in [-0.4, -0.2) is 29.4 Å². The molecule has 0 aromatic carbocycles. The normalized spacial score (nSPS) is 14.6. The Morgan fingerprint density at radius 2 is 1.56 bits per heavy atom. The number of amides is 1. The molecule has 2 atom stereocenters. The van der Waals surface area contributed by atoms with Crippen molar-refractivity contribution in [3.05, 3.63) is 0 Å². The first-order valence-corrected chi connectivity index (χ1v) is 5.83. The third kappa shape index (κ3) is 5.71. The van der Waals surface area contributed by atoms with Gasteiger partial charge in [0.15, 0.2) is 0 Å². The fourth-order valence-corrected chi connectivity index (χ4v) is 1.44. The van der Waals surface area contributed by atoms with Gasteiger partial charge in [-0.25, -0.2) is 0 Å². The van der Waals surface area contributed by atoms with Crippen LogP contribution in [0, 0.1) is 11.8 Å². The molecule has 0 spiro atoms. The average Bonchev–Trinajstić information content (AvgIpc) is 2.10. The predicted molar refractivity (Wildman–Crippen MR) is 71.7 cm³/mol. The molecule has 0 heterocycles. The van der Waals surface area contributed by atoms with E-state index in [-0.39, 0.29) is 36.3 Å². The summed E-state index contributed by atoms with van der Waals surface area (Å²) in [6.45, 7) is 13.0. The molecule has 16 heavy (non-hydrogen) atoms. The van der Waals surface area contributed by atoms with Gasteiger partial charge in [-0.05, 0) is 26.7 Å². The van der Waals surface area contributed by atoms with E-state index < -0.39 is 0 Å². The van der Waals surface area contributed by atoms with Crippen LogP contribution in [0.4, 0.5) is 0 Å². The zero-order valence-corrected chi connectivity index (χ0v) is 12.2. The SMILES string of the molecule is CC(C)CN(C(=O)C(C)C(C)N)C(C)C.Cl. The number of hydrogen-bond acceptors (Lipinski definition) is 2. The van der Waals surface area contributed by atoms with Gasteiger partial charge in [0.05, 0.1) is 5.92 Å². The van der Waals surface area contributed by atoms with E-state index in [2.05, 4.69) is 13.8 Å². The van der Waals surface area contributed by atoms with Crippen molar-refractivity contribution in [1.29, 1.82) is 0 Å². The Morgan fingerprint density at radius 3 is 1.81 bits per heavy atom. The van der Waals surface area contributed by atoms with E-state index >= 15 is 0 Å². The third-order valence-electron chi connectivity index (χ3n) is 2.65. The minimum atomic E-state index is -0.0915. The van der Waals surface area contributed by atoms with Gasteiger partial charge in [-0.2, -0.15) is 0 Å². The van der Waals surface area contributed by atoms with Crippen LogP contribution >= 0.6 is 12.4 Å². The van der Waals surface area contributed by atoms with Crippen LogP contribution in [0.1, 0.15) is 41.5 Å². The Hall–Kier alpha value is -0.280. The molecule has 0 fully saturated rings. The summed E-state index contributed by atoms with van der Waals surface area (Å²) in [4.78, 5) is 14.0. The number of rotatable bonds is 5. The van der Waals surface area contributed by atoms with Gasteiger partial charge in [0.25, 0.3) is 0 Å². The van der Waals surface area contributed by atoms with Gasteiger partial charge in [0.1, 0.15) is 0 Å². The van der Waals surface area contributed by atoms with E-state index in [1.807, 2.05) is 32.6 Å². The quantitative estimate of drug-likeness (QED) is 0.814. The maximum atomic E-state index is 12.1. The van der Waals surface area contributed by atoms with Crippen molar-refractivity contribution < 1.29 is 4.79 Å². The fourth-order valence-electron chi connectivity index (χ4n) is 1.44. The lowest BCUT2D eigenvalue weighted by Crippen LogP contribution is -2.46. The molecule has 0 bridgehead atoms. The summed E-state index contributed by atoms with van der Waals surface area (Å²) in [7, 11) is 0. The molecule has 98 valence electrons. The van der Waals surface area contributed by atoms with Gasteiger partial charge in [0, 0.05) is 18.6 Å². The van der Waals surface area contributed by atoms with Gasteiger partial charge >= 0.3 is 0 Å². The van der Waals surface area contributed by atoms with Gasteiger partial charge < -0.3 is 10.6 Å². The first-order chi connectivity index (χ1) is 6.77. The van der Waals surface area contributed by atoms with Crippen LogP contribution in [0.3, 0.4) is 0 Å². The zero-order valence-electron chi connectivity index (χ0n) is 11.4. The van der Waals surface area contributed by atoms with E-state index in [1.54, 1.807) is 0 Å². The lowest BCUT2D eigenvalue weighted by molar-refractivity contribution is -0.137. The number of carbonyl (C=O) groups excluding carboxylic acids is 1. The van der Waals surface area contributed by atoms with Crippen LogP contribution in [0.5, 0.6) is 0 Å². The maximum absolute atomic E-state index is 12.1. The van der Waals surface area contributed by atoms with Gasteiger partial charge in [-0.1, -0.05) is 20.8 Å². The molecular weight excluding hydrogens is 224 g/mol. The molecule has 0 rings (SSSR count). The minimum absolute atomic E-state index is 0. The smallest absolute Gasteiger partial charge is 0.227 e. The molecule has 0 aromatic heterocycles. The average molecular weight is 251 g/mol. The molecule has 3 nitrogen and oxygen atoms in total. The van der Waals surface area contributed by atoms with E-state index in [0.29, 0.717) is 5.92 Å². The van der Waals surface area contributed by atoms with Crippen molar-refractivity contribution >= 4 is 18.3 Å². The second-order valence-corrected chi connectivity index (χ2v) is 5.13. The predicted octanol–water partition coefficient (Wildman–Crippen LogP) is 2.28. The van der Waals surface area contributed by atoms with Crippen LogP contribution < -0.4 is 5.73 Å². The maximum Gasteiger partial charge on any atom is 0.227 e. The van der Waals surface area contributed by atoms with Crippen LogP contribution in [0.25, 0.3) is 0 Å². The molecule has 0 radical (unpaired) electrons. The monoisotopic (exact) mass is 250 g/mol. The number of nitrogens with two attached hydrogens (primary N) is 1. The summed E-state index contributed by atoms with van der Waals surface area (Å²) in [6.07, 6.45) is 0. The topological polar surface area (TPSA) is 46.3 Å². The lowest BCUT2D eigenvalue weighted by atomic mass is 10.0. The Labute approximate surface area is 106 Å². The highest BCUT2D eigenvalue weighted by atomic mass is 35.5. The van der Waals surface area contributed by atoms with E-state index in [4.69, 9.17) is 5.73 Å². The van der Waals surface area contributed by atoms with Crippen LogP contribution in [0.2, 0.25) is 0 Å². The van der Waals surface area contributed by atoms with Crippen molar-refractivity contribution in [2.24, 2.45) is 17.6 Å². The number of halogens is 1. The molecule has 0 aliphatic heterocycles. The number of nitrogens with zero attached hydrogens (tertiary/aromatic N) is 1. The lowest BCUT2D eigenvalue weighted by Gasteiger charge is -2.32. The van der Waals surface area contributed by atoms with Crippen molar-refractivity contribution in [2.45, 2.75) is 53.6 Å². The molecule has 0 saturated carbocycles. The second-order valence-electron chi connectivity index (χ2n) is 5.13. The van der Waals surface area contributed by atoms with Gasteiger partial charge in [0.2, 0.25) is 5.91 Å². The standard InChI is InChI=1S/C12H26N2O.ClH/c1-8(2)7-14(9(3)4)12(15)10(5)11(6)13;/h8-11H,7,13H2,1-6H3;1H. The minimum Gasteiger partial charge on any atom is -0.340 e. The van der Waals surface area contributed by atoms with Crippen LogP contribution in [0.15, 0.2) is 0 Å². The third-order valence-corrected chi connectivity index (χ3v) is 2.65. The zero-order chi connectivity index (χ0) is 12.2. The largest absolute Gasteiger partial charge is 0.340 e. The van der Waals surface area contributed by atoms with Crippen molar-refractivity contribution in [1.82, 2.24) is 4.90 Å².